The summed E-state index contributed by atoms with van der Waals surface area (Å²) < 4.78 is 0. The van der Waals surface area contributed by atoms with Gasteiger partial charge in [-0.25, -0.2) is 0 Å². The molecule has 1 aromatic rings. The van der Waals surface area contributed by atoms with Crippen LogP contribution in [0.15, 0.2) is 17.5 Å². The van der Waals surface area contributed by atoms with E-state index in [1.165, 1.54) is 24.2 Å². The fourth-order valence-electron chi connectivity index (χ4n) is 2.90. The molecule has 0 aliphatic heterocycles. The van der Waals surface area contributed by atoms with Crippen LogP contribution in [0.4, 0.5) is 0 Å². The van der Waals surface area contributed by atoms with E-state index in [2.05, 4.69) is 31.4 Å². The number of thiophene rings is 1. The Morgan fingerprint density at radius 2 is 1.95 bits per heavy atom. The second kappa shape index (κ2) is 6.88. The summed E-state index contributed by atoms with van der Waals surface area (Å²) in [6.45, 7) is 6.95. The van der Waals surface area contributed by atoms with Crippen LogP contribution in [0.3, 0.4) is 0 Å². The lowest BCUT2D eigenvalue weighted by Crippen LogP contribution is -2.46. The molecule has 5 heteroatoms. The molecular weight excluding hydrogens is 300 g/mol. The molecule has 21 heavy (non-hydrogen) atoms. The van der Waals surface area contributed by atoms with Crippen molar-refractivity contribution in [3.05, 3.63) is 22.4 Å². The first-order chi connectivity index (χ1) is 9.86. The van der Waals surface area contributed by atoms with Crippen molar-refractivity contribution in [3.63, 3.8) is 0 Å². The van der Waals surface area contributed by atoms with Crippen LogP contribution in [-0.2, 0) is 0 Å². The van der Waals surface area contributed by atoms with Crippen molar-refractivity contribution < 1.29 is 4.79 Å². The molecule has 1 saturated carbocycles. The minimum atomic E-state index is -0.120. The molecule has 2 N–H and O–H groups in total. The third kappa shape index (κ3) is 4.78. The zero-order valence-corrected chi connectivity index (χ0v) is 14.6. The molecular formula is C16H24N2OS2. The van der Waals surface area contributed by atoms with E-state index < -0.39 is 0 Å². The topological polar surface area (TPSA) is 41.1 Å². The number of carbonyl (C=O) groups is 1. The first kappa shape index (κ1) is 16.4. The molecule has 1 heterocycles. The molecule has 1 aliphatic carbocycles. The Kier molecular flexibility index (Phi) is 5.38. The number of hydrogen-bond acceptors (Lipinski definition) is 3. The summed E-state index contributed by atoms with van der Waals surface area (Å²) in [6.07, 6.45) is 4.69. The van der Waals surface area contributed by atoms with Crippen LogP contribution >= 0.6 is 23.6 Å². The normalized spacial score (nSPS) is 22.6. The molecule has 0 radical (unpaired) electrons. The van der Waals surface area contributed by atoms with Crippen LogP contribution in [-0.4, -0.2) is 17.1 Å². The molecule has 1 amide bonds. The maximum Gasteiger partial charge on any atom is 0.267 e. The fourth-order valence-corrected chi connectivity index (χ4v) is 3.78. The van der Waals surface area contributed by atoms with Crippen molar-refractivity contribution in [3.8, 4) is 0 Å². The van der Waals surface area contributed by atoms with Gasteiger partial charge in [-0.1, -0.05) is 26.8 Å². The van der Waals surface area contributed by atoms with Crippen LogP contribution in [0.2, 0.25) is 0 Å². The second-order valence-electron chi connectivity index (χ2n) is 6.82. The van der Waals surface area contributed by atoms with Gasteiger partial charge in [-0.3, -0.25) is 10.1 Å². The van der Waals surface area contributed by atoms with Gasteiger partial charge < -0.3 is 5.32 Å². The van der Waals surface area contributed by atoms with Gasteiger partial charge >= 0.3 is 0 Å². The van der Waals surface area contributed by atoms with Crippen LogP contribution < -0.4 is 10.6 Å². The minimum absolute atomic E-state index is 0.120. The van der Waals surface area contributed by atoms with E-state index in [1.54, 1.807) is 6.07 Å². The van der Waals surface area contributed by atoms with Crippen LogP contribution in [0, 0.1) is 11.3 Å². The smallest absolute Gasteiger partial charge is 0.267 e. The molecule has 3 nitrogen and oxygen atoms in total. The van der Waals surface area contributed by atoms with Crippen molar-refractivity contribution in [2.24, 2.45) is 11.3 Å². The maximum absolute atomic E-state index is 11.9. The van der Waals surface area contributed by atoms with E-state index in [9.17, 15) is 4.79 Å². The number of thiocarbonyl (C=S) groups is 1. The average Bonchev–Trinajstić information content (AvgIpc) is 2.92. The van der Waals surface area contributed by atoms with Gasteiger partial charge in [0, 0.05) is 6.04 Å². The highest BCUT2D eigenvalue weighted by atomic mass is 32.1. The molecule has 0 bridgehead atoms. The number of carbonyl (C=O) groups excluding carboxylic acids is 1. The number of nitrogens with one attached hydrogen (secondary N) is 2. The lowest BCUT2D eigenvalue weighted by Gasteiger charge is -2.37. The SMILES string of the molecule is CC(C)(C)C1CCC(NC(=S)NC(=O)c2cccs2)CC1. The van der Waals surface area contributed by atoms with E-state index in [0.717, 1.165) is 18.8 Å². The Hall–Kier alpha value is -0.940. The Morgan fingerprint density at radius 3 is 2.48 bits per heavy atom. The molecule has 1 aliphatic rings. The average molecular weight is 325 g/mol. The van der Waals surface area contributed by atoms with E-state index in [1.807, 2.05) is 11.4 Å². The maximum atomic E-state index is 11.9. The van der Waals surface area contributed by atoms with Crippen molar-refractivity contribution in [2.75, 3.05) is 0 Å². The van der Waals surface area contributed by atoms with Crippen LogP contribution in [0.25, 0.3) is 0 Å². The third-order valence-electron chi connectivity index (χ3n) is 4.26. The molecule has 2 rings (SSSR count). The molecule has 1 fully saturated rings. The first-order valence-corrected chi connectivity index (χ1v) is 8.80. The van der Waals surface area contributed by atoms with Crippen LogP contribution in [0.1, 0.15) is 56.1 Å². The fraction of sp³-hybridized carbons (Fsp3) is 0.625. The van der Waals surface area contributed by atoms with E-state index in [4.69, 9.17) is 12.2 Å². The summed E-state index contributed by atoms with van der Waals surface area (Å²) >= 11 is 6.67. The lowest BCUT2D eigenvalue weighted by atomic mass is 9.71. The van der Waals surface area contributed by atoms with Crippen LogP contribution in [0.5, 0.6) is 0 Å². The minimum Gasteiger partial charge on any atom is -0.360 e. The van der Waals surface area contributed by atoms with Gasteiger partial charge in [-0.2, -0.15) is 0 Å². The number of hydrogen-bond donors (Lipinski definition) is 2. The molecule has 0 aromatic carbocycles. The summed E-state index contributed by atoms with van der Waals surface area (Å²) in [4.78, 5) is 12.6. The zero-order chi connectivity index (χ0) is 15.5. The predicted octanol–water partition coefficient (Wildman–Crippen LogP) is 3.96. The highest BCUT2D eigenvalue weighted by Gasteiger charge is 2.29. The van der Waals surface area contributed by atoms with E-state index >= 15 is 0 Å². The number of rotatable bonds is 2. The van der Waals surface area contributed by atoms with Gasteiger partial charge in [-0.15, -0.1) is 11.3 Å². The van der Waals surface area contributed by atoms with Crippen molar-refractivity contribution in [1.82, 2.24) is 10.6 Å². The highest BCUT2D eigenvalue weighted by molar-refractivity contribution is 7.80. The van der Waals surface area contributed by atoms with Gasteiger partial charge in [0.1, 0.15) is 0 Å². The molecule has 0 spiro atoms. The molecule has 1 aromatic heterocycles. The molecule has 116 valence electrons. The largest absolute Gasteiger partial charge is 0.360 e. The van der Waals surface area contributed by atoms with Crippen molar-refractivity contribution >= 4 is 34.6 Å². The monoisotopic (exact) mass is 324 g/mol. The Morgan fingerprint density at radius 1 is 1.29 bits per heavy atom. The first-order valence-electron chi connectivity index (χ1n) is 7.51. The number of amides is 1. The van der Waals surface area contributed by atoms with Gasteiger partial charge in [-0.05, 0) is 60.7 Å². The molecule has 0 saturated heterocycles. The Labute approximate surface area is 136 Å². The summed E-state index contributed by atoms with van der Waals surface area (Å²) in [6, 6.07) is 4.06. The van der Waals surface area contributed by atoms with Crippen molar-refractivity contribution in [2.45, 2.75) is 52.5 Å². The predicted molar refractivity (Wildman–Crippen MR) is 92.7 cm³/mol. The Bertz CT molecular complexity index is 483. The lowest BCUT2D eigenvalue weighted by molar-refractivity contribution is 0.0980. The van der Waals surface area contributed by atoms with Crippen molar-refractivity contribution in [1.29, 1.82) is 0 Å². The summed E-state index contributed by atoms with van der Waals surface area (Å²) in [5, 5.41) is 8.39. The highest BCUT2D eigenvalue weighted by Crippen LogP contribution is 2.37. The van der Waals surface area contributed by atoms with Gasteiger partial charge in [0.05, 0.1) is 4.88 Å². The van der Waals surface area contributed by atoms with Gasteiger partial charge in [0.25, 0.3) is 5.91 Å². The zero-order valence-electron chi connectivity index (χ0n) is 12.9. The quantitative estimate of drug-likeness (QED) is 0.809. The molecule has 0 atom stereocenters. The molecule has 0 unspecified atom stereocenters. The summed E-state index contributed by atoms with van der Waals surface area (Å²) in [5.74, 6) is 0.663. The summed E-state index contributed by atoms with van der Waals surface area (Å²) in [5.41, 5.74) is 0.388. The van der Waals surface area contributed by atoms with E-state index in [-0.39, 0.29) is 5.91 Å². The standard InChI is InChI=1S/C16H24N2OS2/c1-16(2,3)11-6-8-12(9-7-11)17-15(20)18-14(19)13-5-4-10-21-13/h4-5,10-12H,6-9H2,1-3H3,(H2,17,18,19,20). The third-order valence-corrected chi connectivity index (χ3v) is 5.35. The van der Waals surface area contributed by atoms with Gasteiger partial charge in [0.2, 0.25) is 0 Å². The Balaban J connectivity index is 1.76. The summed E-state index contributed by atoms with van der Waals surface area (Å²) in [7, 11) is 0. The second-order valence-corrected chi connectivity index (χ2v) is 8.18. The van der Waals surface area contributed by atoms with E-state index in [0.29, 0.717) is 21.4 Å². The van der Waals surface area contributed by atoms with Gasteiger partial charge in [0.15, 0.2) is 5.11 Å².